The topological polar surface area (TPSA) is 68.2 Å². The Kier molecular flexibility index (Phi) is 2.83. The molecule has 0 saturated heterocycles. The Bertz CT molecular complexity index is 755. The van der Waals surface area contributed by atoms with Gasteiger partial charge in [0.05, 0.1) is 11.9 Å². The van der Waals surface area contributed by atoms with E-state index in [0.29, 0.717) is 23.0 Å². The summed E-state index contributed by atoms with van der Waals surface area (Å²) in [5, 5.41) is 2.90. The molecule has 2 heterocycles. The molecule has 0 aliphatic rings. The van der Waals surface area contributed by atoms with Crippen LogP contribution in [0.4, 0.5) is 21.7 Å². The van der Waals surface area contributed by atoms with E-state index >= 15 is 0 Å². The van der Waals surface area contributed by atoms with Gasteiger partial charge in [-0.3, -0.25) is 0 Å². The number of hydrogen-bond acceptors (Lipinski definition) is 4. The van der Waals surface area contributed by atoms with E-state index in [-0.39, 0.29) is 5.82 Å². The van der Waals surface area contributed by atoms with Gasteiger partial charge in [0.15, 0.2) is 11.5 Å². The first kappa shape index (κ1) is 11.9. The van der Waals surface area contributed by atoms with Crippen LogP contribution in [0.2, 0.25) is 0 Å². The zero-order valence-electron chi connectivity index (χ0n) is 9.64. The maximum atomic E-state index is 13.7. The van der Waals surface area contributed by atoms with E-state index in [0.717, 1.165) is 4.47 Å². The molecule has 0 aliphatic heterocycles. The van der Waals surface area contributed by atoms with Crippen molar-refractivity contribution in [2.24, 2.45) is 0 Å². The third kappa shape index (κ3) is 2.24. The summed E-state index contributed by atoms with van der Waals surface area (Å²) in [6.07, 6.45) is 5.01. The minimum Gasteiger partial charge on any atom is -0.382 e. The molecule has 19 heavy (non-hydrogen) atoms. The summed E-state index contributed by atoms with van der Waals surface area (Å²) in [6.45, 7) is 0. The summed E-state index contributed by atoms with van der Waals surface area (Å²) in [6, 6.07) is 4.61. The first-order valence-electron chi connectivity index (χ1n) is 5.45. The molecule has 0 spiro atoms. The fourth-order valence-electron chi connectivity index (χ4n) is 1.76. The Labute approximate surface area is 116 Å². The van der Waals surface area contributed by atoms with Gasteiger partial charge in [0, 0.05) is 16.9 Å². The summed E-state index contributed by atoms with van der Waals surface area (Å²) in [5.74, 6) is 0.350. The lowest BCUT2D eigenvalue weighted by atomic mass is 10.3. The molecule has 0 amide bonds. The van der Waals surface area contributed by atoms with E-state index in [1.54, 1.807) is 35.1 Å². The lowest BCUT2D eigenvalue weighted by molar-refractivity contribution is 0.631. The summed E-state index contributed by atoms with van der Waals surface area (Å²) in [4.78, 5) is 8.30. The van der Waals surface area contributed by atoms with Crippen LogP contribution in [0, 0.1) is 5.82 Å². The van der Waals surface area contributed by atoms with Gasteiger partial charge in [-0.05, 0) is 18.2 Å². The minimum atomic E-state index is -0.378. The quantitative estimate of drug-likeness (QED) is 0.761. The number of hydrogen-bond donors (Lipinski definition) is 2. The van der Waals surface area contributed by atoms with Gasteiger partial charge < -0.3 is 15.5 Å². The maximum absolute atomic E-state index is 13.7. The van der Waals surface area contributed by atoms with E-state index in [1.165, 1.54) is 6.07 Å². The lowest BCUT2D eigenvalue weighted by Crippen LogP contribution is -2.03. The summed E-state index contributed by atoms with van der Waals surface area (Å²) < 4.78 is 16.2. The molecule has 3 rings (SSSR count). The Hall–Kier alpha value is -2.15. The smallest absolute Gasteiger partial charge is 0.180 e. The molecule has 3 N–H and O–H groups in total. The molecule has 2 aromatic heterocycles. The lowest BCUT2D eigenvalue weighted by Gasteiger charge is -2.09. The number of benzene rings is 1. The number of rotatable bonds is 2. The van der Waals surface area contributed by atoms with Gasteiger partial charge in [-0.15, -0.1) is 0 Å². The predicted octanol–water partition coefficient (Wildman–Crippen LogP) is 2.96. The molecule has 0 saturated carbocycles. The van der Waals surface area contributed by atoms with Gasteiger partial charge >= 0.3 is 0 Å². The normalized spacial score (nSPS) is 10.8. The molecular weight excluding hydrogens is 313 g/mol. The van der Waals surface area contributed by atoms with Crippen LogP contribution in [0.15, 0.2) is 41.3 Å². The highest BCUT2D eigenvalue weighted by Crippen LogP contribution is 2.25. The Morgan fingerprint density at radius 2 is 2.21 bits per heavy atom. The van der Waals surface area contributed by atoms with E-state index in [9.17, 15) is 4.39 Å². The van der Waals surface area contributed by atoms with Crippen molar-refractivity contribution < 1.29 is 4.39 Å². The molecule has 0 fully saturated rings. The molecular formula is C12H9BrFN5. The molecule has 0 unspecified atom stereocenters. The van der Waals surface area contributed by atoms with Gasteiger partial charge in [-0.1, -0.05) is 15.9 Å². The van der Waals surface area contributed by atoms with Crippen molar-refractivity contribution in [1.82, 2.24) is 14.4 Å². The van der Waals surface area contributed by atoms with Crippen molar-refractivity contribution in [1.29, 1.82) is 0 Å². The molecule has 96 valence electrons. The van der Waals surface area contributed by atoms with E-state index in [2.05, 4.69) is 31.2 Å². The number of nitrogens with zero attached hydrogens (tertiary/aromatic N) is 3. The van der Waals surface area contributed by atoms with Crippen LogP contribution in [0.25, 0.3) is 5.65 Å². The molecule has 5 nitrogen and oxygen atoms in total. The number of nitrogens with one attached hydrogen (secondary N) is 1. The van der Waals surface area contributed by atoms with Crippen LogP contribution in [-0.4, -0.2) is 14.4 Å². The second kappa shape index (κ2) is 4.51. The zero-order chi connectivity index (χ0) is 13.4. The summed E-state index contributed by atoms with van der Waals surface area (Å²) in [7, 11) is 0. The van der Waals surface area contributed by atoms with E-state index in [1.807, 2.05) is 0 Å². The largest absolute Gasteiger partial charge is 0.382 e. The summed E-state index contributed by atoms with van der Waals surface area (Å²) >= 11 is 3.29. The van der Waals surface area contributed by atoms with Crippen molar-refractivity contribution in [2.75, 3.05) is 11.1 Å². The number of nitrogens with two attached hydrogens (primary N) is 1. The monoisotopic (exact) mass is 321 g/mol. The highest BCUT2D eigenvalue weighted by molar-refractivity contribution is 9.10. The van der Waals surface area contributed by atoms with Crippen LogP contribution in [0.3, 0.4) is 0 Å². The highest BCUT2D eigenvalue weighted by atomic mass is 79.9. The number of anilines is 3. The van der Waals surface area contributed by atoms with Crippen LogP contribution in [0.1, 0.15) is 0 Å². The number of fused-ring (bicyclic) bond motifs is 1. The number of nitrogen functional groups attached to an aromatic ring is 1. The Morgan fingerprint density at radius 3 is 3.05 bits per heavy atom. The second-order valence-electron chi connectivity index (χ2n) is 3.92. The van der Waals surface area contributed by atoms with Crippen LogP contribution in [-0.2, 0) is 0 Å². The fraction of sp³-hybridized carbons (Fsp3) is 0. The van der Waals surface area contributed by atoms with Gasteiger partial charge in [-0.25, -0.2) is 14.4 Å². The Morgan fingerprint density at radius 1 is 1.37 bits per heavy atom. The van der Waals surface area contributed by atoms with Crippen molar-refractivity contribution >= 4 is 38.9 Å². The predicted molar refractivity (Wildman–Crippen MR) is 74.8 cm³/mol. The highest BCUT2D eigenvalue weighted by Gasteiger charge is 2.09. The van der Waals surface area contributed by atoms with E-state index in [4.69, 9.17) is 5.73 Å². The number of imidazole rings is 1. The van der Waals surface area contributed by atoms with Crippen LogP contribution < -0.4 is 11.1 Å². The average molecular weight is 322 g/mol. The zero-order valence-corrected chi connectivity index (χ0v) is 11.2. The van der Waals surface area contributed by atoms with Crippen molar-refractivity contribution in [3.05, 3.63) is 47.1 Å². The maximum Gasteiger partial charge on any atom is 0.180 e. The molecule has 0 aliphatic carbocycles. The third-order valence-corrected chi connectivity index (χ3v) is 3.07. The standard InChI is InChI=1S/C12H9BrFN5/c13-7-1-2-8(14)9(5-7)17-11-12-16-3-4-19(12)6-10(15)18-11/h1-6H,15H2,(H,17,18). The molecule has 0 atom stereocenters. The minimum absolute atomic E-state index is 0.303. The number of halogens is 2. The van der Waals surface area contributed by atoms with Gasteiger partial charge in [-0.2, -0.15) is 0 Å². The molecule has 7 heteroatoms. The third-order valence-electron chi connectivity index (χ3n) is 2.57. The van der Waals surface area contributed by atoms with Crippen molar-refractivity contribution in [3.8, 4) is 0 Å². The van der Waals surface area contributed by atoms with Crippen LogP contribution in [0.5, 0.6) is 0 Å². The van der Waals surface area contributed by atoms with Crippen molar-refractivity contribution in [3.63, 3.8) is 0 Å². The fourth-order valence-corrected chi connectivity index (χ4v) is 2.12. The first-order valence-corrected chi connectivity index (χ1v) is 6.24. The van der Waals surface area contributed by atoms with Crippen LogP contribution >= 0.6 is 15.9 Å². The second-order valence-corrected chi connectivity index (χ2v) is 4.84. The van der Waals surface area contributed by atoms with Gasteiger partial charge in [0.25, 0.3) is 0 Å². The summed E-state index contributed by atoms with van der Waals surface area (Å²) in [5.41, 5.74) is 6.58. The van der Waals surface area contributed by atoms with Gasteiger partial charge in [0.2, 0.25) is 0 Å². The van der Waals surface area contributed by atoms with E-state index < -0.39 is 0 Å². The first-order chi connectivity index (χ1) is 9.13. The van der Waals surface area contributed by atoms with Crippen molar-refractivity contribution in [2.45, 2.75) is 0 Å². The SMILES string of the molecule is Nc1cn2ccnc2c(Nc2cc(Br)ccc2F)n1. The van der Waals surface area contributed by atoms with Gasteiger partial charge in [0.1, 0.15) is 11.6 Å². The number of aromatic nitrogens is 3. The molecule has 1 aromatic carbocycles. The molecule has 3 aromatic rings. The molecule has 0 bridgehead atoms. The Balaban J connectivity index is 2.10. The molecule has 0 radical (unpaired) electrons. The average Bonchev–Trinajstić information content (AvgIpc) is 2.82.